The van der Waals surface area contributed by atoms with Gasteiger partial charge in [0.15, 0.2) is 0 Å². The summed E-state index contributed by atoms with van der Waals surface area (Å²) in [4.78, 5) is 34.0. The van der Waals surface area contributed by atoms with Crippen molar-refractivity contribution in [3.8, 4) is 0 Å². The maximum absolute atomic E-state index is 11.3. The van der Waals surface area contributed by atoms with Crippen LogP contribution in [-0.4, -0.2) is 46.0 Å². The molecule has 2 aromatic rings. The van der Waals surface area contributed by atoms with Crippen molar-refractivity contribution < 1.29 is 4.92 Å². The minimum atomic E-state index is -0.445. The zero-order chi connectivity index (χ0) is 16.4. The highest BCUT2D eigenvalue weighted by molar-refractivity contribution is 7.09. The molecule has 2 aromatic heterocycles. The van der Waals surface area contributed by atoms with Gasteiger partial charge in [-0.3, -0.25) is 19.8 Å². The molecule has 0 bridgehead atoms. The maximum atomic E-state index is 11.3. The number of piperazine rings is 1. The van der Waals surface area contributed by atoms with Crippen LogP contribution in [0.25, 0.3) is 0 Å². The molecule has 0 spiro atoms. The second-order valence-corrected chi connectivity index (χ2v) is 6.53. The lowest BCUT2D eigenvalue weighted by Crippen LogP contribution is -2.46. The number of aromatic nitrogens is 2. The standard InChI is InChI=1S/C14H17N5O3S/c1-10-12(23-14(20)16-10)9-17-4-6-18(7-5-17)13-3-2-11(8-15-13)19(21)22/h2-3,8H,4-7,9H2,1H3,(H,16,20). The van der Waals surface area contributed by atoms with Crippen LogP contribution in [0.4, 0.5) is 11.5 Å². The zero-order valence-corrected chi connectivity index (χ0v) is 13.5. The molecule has 1 aliphatic heterocycles. The number of anilines is 1. The minimum Gasteiger partial charge on any atom is -0.354 e. The first-order valence-corrected chi connectivity index (χ1v) is 8.11. The molecule has 0 aromatic carbocycles. The van der Waals surface area contributed by atoms with Gasteiger partial charge in [0.05, 0.1) is 4.92 Å². The van der Waals surface area contributed by atoms with Gasteiger partial charge in [-0.25, -0.2) is 4.98 Å². The van der Waals surface area contributed by atoms with E-state index in [9.17, 15) is 14.9 Å². The monoisotopic (exact) mass is 335 g/mol. The van der Waals surface area contributed by atoms with Crippen molar-refractivity contribution in [1.82, 2.24) is 14.9 Å². The average Bonchev–Trinajstić information content (AvgIpc) is 2.86. The van der Waals surface area contributed by atoms with Crippen LogP contribution < -0.4 is 9.77 Å². The van der Waals surface area contributed by atoms with Crippen LogP contribution in [0, 0.1) is 17.0 Å². The van der Waals surface area contributed by atoms with Crippen LogP contribution in [0.3, 0.4) is 0 Å². The molecule has 0 saturated carbocycles. The number of aromatic amines is 1. The summed E-state index contributed by atoms with van der Waals surface area (Å²) in [6, 6.07) is 3.17. The first kappa shape index (κ1) is 15.6. The SMILES string of the molecule is Cc1[nH]c(=O)sc1CN1CCN(c2ccc([N+](=O)[O-])cn2)CC1. The fraction of sp³-hybridized carbons (Fsp3) is 0.429. The smallest absolute Gasteiger partial charge is 0.304 e. The summed E-state index contributed by atoms with van der Waals surface area (Å²) >= 11 is 1.27. The number of aryl methyl sites for hydroxylation is 1. The summed E-state index contributed by atoms with van der Waals surface area (Å²) in [5.41, 5.74) is 0.949. The van der Waals surface area contributed by atoms with Crippen molar-refractivity contribution in [2.24, 2.45) is 0 Å². The Kier molecular flexibility index (Phi) is 4.39. The van der Waals surface area contributed by atoms with Gasteiger partial charge >= 0.3 is 4.87 Å². The van der Waals surface area contributed by atoms with Crippen molar-refractivity contribution in [3.63, 3.8) is 0 Å². The average molecular weight is 335 g/mol. The number of hydrogen-bond donors (Lipinski definition) is 1. The summed E-state index contributed by atoms with van der Waals surface area (Å²) in [6.45, 7) is 6.04. The Morgan fingerprint density at radius 1 is 1.35 bits per heavy atom. The molecule has 1 N–H and O–H groups in total. The van der Waals surface area contributed by atoms with Gasteiger partial charge in [0.1, 0.15) is 12.0 Å². The van der Waals surface area contributed by atoms with E-state index in [0.29, 0.717) is 0 Å². The van der Waals surface area contributed by atoms with E-state index in [0.717, 1.165) is 49.1 Å². The van der Waals surface area contributed by atoms with Crippen molar-refractivity contribution >= 4 is 22.8 Å². The lowest BCUT2D eigenvalue weighted by molar-refractivity contribution is -0.385. The maximum Gasteiger partial charge on any atom is 0.304 e. The molecular weight excluding hydrogens is 318 g/mol. The topological polar surface area (TPSA) is 95.4 Å². The van der Waals surface area contributed by atoms with Gasteiger partial charge < -0.3 is 9.88 Å². The van der Waals surface area contributed by atoms with Crippen molar-refractivity contribution in [2.75, 3.05) is 31.1 Å². The number of nitrogens with zero attached hydrogens (tertiary/aromatic N) is 4. The molecule has 8 nitrogen and oxygen atoms in total. The Labute approximate surface area is 136 Å². The van der Waals surface area contributed by atoms with E-state index >= 15 is 0 Å². The molecule has 0 aliphatic carbocycles. The van der Waals surface area contributed by atoms with Crippen LogP contribution in [0.15, 0.2) is 23.1 Å². The zero-order valence-electron chi connectivity index (χ0n) is 12.7. The first-order valence-electron chi connectivity index (χ1n) is 7.29. The molecule has 3 rings (SSSR count). The third kappa shape index (κ3) is 3.57. The van der Waals surface area contributed by atoms with Gasteiger partial charge in [0.25, 0.3) is 5.69 Å². The Bertz CT molecular complexity index is 747. The molecule has 3 heterocycles. The van der Waals surface area contributed by atoms with E-state index in [-0.39, 0.29) is 10.6 Å². The van der Waals surface area contributed by atoms with E-state index in [4.69, 9.17) is 0 Å². The van der Waals surface area contributed by atoms with Gasteiger partial charge in [-0.2, -0.15) is 0 Å². The van der Waals surface area contributed by atoms with E-state index in [1.54, 1.807) is 6.07 Å². The van der Waals surface area contributed by atoms with Gasteiger partial charge in [-0.05, 0) is 13.0 Å². The van der Waals surface area contributed by atoms with Gasteiger partial charge in [0.2, 0.25) is 0 Å². The predicted octanol–water partition coefficient (Wildman–Crippen LogP) is 1.37. The second-order valence-electron chi connectivity index (χ2n) is 5.46. The molecule has 0 amide bonds. The first-order chi connectivity index (χ1) is 11.0. The second kappa shape index (κ2) is 6.47. The number of nitro groups is 1. The number of pyridine rings is 1. The van der Waals surface area contributed by atoms with Crippen molar-refractivity contribution in [1.29, 1.82) is 0 Å². The quantitative estimate of drug-likeness (QED) is 0.670. The third-order valence-electron chi connectivity index (χ3n) is 3.93. The number of hydrogen-bond acceptors (Lipinski definition) is 7. The Hall–Kier alpha value is -2.26. The molecule has 0 radical (unpaired) electrons. The van der Waals surface area contributed by atoms with Gasteiger partial charge in [-0.1, -0.05) is 11.3 Å². The Balaban J connectivity index is 1.58. The molecular formula is C14H17N5O3S. The molecule has 23 heavy (non-hydrogen) atoms. The molecule has 0 atom stereocenters. The predicted molar refractivity (Wildman–Crippen MR) is 88.1 cm³/mol. The van der Waals surface area contributed by atoms with E-state index in [2.05, 4.69) is 19.8 Å². The fourth-order valence-corrected chi connectivity index (χ4v) is 3.48. The summed E-state index contributed by atoms with van der Waals surface area (Å²) in [7, 11) is 0. The number of thiazole rings is 1. The number of rotatable bonds is 4. The van der Waals surface area contributed by atoms with E-state index in [1.165, 1.54) is 23.6 Å². The molecule has 1 aliphatic rings. The normalized spacial score (nSPS) is 15.8. The van der Waals surface area contributed by atoms with Crippen LogP contribution in [0.2, 0.25) is 0 Å². The van der Waals surface area contributed by atoms with Gasteiger partial charge in [0, 0.05) is 49.4 Å². The lowest BCUT2D eigenvalue weighted by Gasteiger charge is -2.35. The Morgan fingerprint density at radius 3 is 2.61 bits per heavy atom. The highest BCUT2D eigenvalue weighted by atomic mass is 32.1. The van der Waals surface area contributed by atoms with Crippen molar-refractivity contribution in [3.05, 3.63) is 48.7 Å². The Morgan fingerprint density at radius 2 is 2.09 bits per heavy atom. The molecule has 1 saturated heterocycles. The van der Waals surface area contributed by atoms with Crippen molar-refractivity contribution in [2.45, 2.75) is 13.5 Å². The number of nitrogens with one attached hydrogen (secondary N) is 1. The van der Waals surface area contributed by atoms with Crippen LogP contribution >= 0.6 is 11.3 Å². The summed E-state index contributed by atoms with van der Waals surface area (Å²) < 4.78 is 0. The van der Waals surface area contributed by atoms with Gasteiger partial charge in [-0.15, -0.1) is 0 Å². The van der Waals surface area contributed by atoms with E-state index < -0.39 is 4.92 Å². The van der Waals surface area contributed by atoms with Crippen LogP contribution in [0.5, 0.6) is 0 Å². The highest BCUT2D eigenvalue weighted by Crippen LogP contribution is 2.19. The van der Waals surface area contributed by atoms with Crippen LogP contribution in [-0.2, 0) is 6.54 Å². The number of H-pyrrole nitrogens is 1. The largest absolute Gasteiger partial charge is 0.354 e. The summed E-state index contributed by atoms with van der Waals surface area (Å²) in [6.07, 6.45) is 1.29. The minimum absolute atomic E-state index is 0.00484. The third-order valence-corrected chi connectivity index (χ3v) is 4.90. The summed E-state index contributed by atoms with van der Waals surface area (Å²) in [5, 5.41) is 10.7. The molecule has 1 fully saturated rings. The summed E-state index contributed by atoms with van der Waals surface area (Å²) in [5.74, 6) is 0.762. The lowest BCUT2D eigenvalue weighted by atomic mass is 10.2. The molecule has 0 unspecified atom stereocenters. The van der Waals surface area contributed by atoms with E-state index in [1.807, 2.05) is 6.92 Å². The fourth-order valence-electron chi connectivity index (χ4n) is 2.60. The van der Waals surface area contributed by atoms with Crippen LogP contribution in [0.1, 0.15) is 10.6 Å². The molecule has 9 heteroatoms. The molecule has 122 valence electrons. The highest BCUT2D eigenvalue weighted by Gasteiger charge is 2.20.